The number of aliphatic hydroxyl groups is 1. The fourth-order valence-electron chi connectivity index (χ4n) is 6.25. The summed E-state index contributed by atoms with van der Waals surface area (Å²) in [6.45, 7) is 9.83. The lowest BCUT2D eigenvalue weighted by atomic mass is 9.82. The van der Waals surface area contributed by atoms with Crippen LogP contribution in [-0.4, -0.2) is 67.0 Å². The molecule has 0 aromatic carbocycles. The van der Waals surface area contributed by atoms with Crippen molar-refractivity contribution in [2.45, 2.75) is 57.8 Å². The summed E-state index contributed by atoms with van der Waals surface area (Å²) in [5, 5.41) is 24.2. The van der Waals surface area contributed by atoms with Crippen molar-refractivity contribution >= 4 is 11.3 Å². The molecule has 9 heteroatoms. The monoisotopic (exact) mass is 561 g/mol. The average Bonchev–Trinajstić information content (AvgIpc) is 3.41. The zero-order valence-electron chi connectivity index (χ0n) is 24.4. The summed E-state index contributed by atoms with van der Waals surface area (Å²) < 4.78 is 7.52. The number of piperazine rings is 1. The van der Waals surface area contributed by atoms with Crippen molar-refractivity contribution in [2.75, 3.05) is 24.6 Å². The van der Waals surface area contributed by atoms with Crippen LogP contribution in [-0.2, 0) is 0 Å². The lowest BCUT2D eigenvalue weighted by Gasteiger charge is -2.60. The molecule has 0 saturated carbocycles. The highest BCUT2D eigenvalue weighted by Crippen LogP contribution is 2.43. The molecule has 42 heavy (non-hydrogen) atoms. The summed E-state index contributed by atoms with van der Waals surface area (Å²) in [5.41, 5.74) is 3.72. The van der Waals surface area contributed by atoms with Crippen molar-refractivity contribution in [2.24, 2.45) is 5.92 Å². The third kappa shape index (κ3) is 5.18. The largest absolute Gasteiger partial charge is 0.489 e. The predicted octanol–water partition coefficient (Wildman–Crippen LogP) is 4.45. The normalized spacial score (nSPS) is 19.3. The van der Waals surface area contributed by atoms with E-state index in [0.717, 1.165) is 41.3 Å². The Morgan fingerprint density at radius 1 is 1.12 bits per heavy atom. The molecule has 3 saturated heterocycles. The van der Waals surface area contributed by atoms with Crippen molar-refractivity contribution in [3.63, 3.8) is 0 Å². The highest BCUT2D eigenvalue weighted by Gasteiger charge is 2.49. The zero-order valence-corrected chi connectivity index (χ0v) is 24.4. The molecule has 0 spiro atoms. The van der Waals surface area contributed by atoms with E-state index < -0.39 is 5.60 Å². The van der Waals surface area contributed by atoms with Crippen LogP contribution in [0.2, 0.25) is 0 Å². The second-order valence-corrected chi connectivity index (χ2v) is 12.3. The zero-order chi connectivity index (χ0) is 29.6. The Labute approximate surface area is 246 Å². The fraction of sp³-hybridized carbons (Fsp3) is 0.394. The van der Waals surface area contributed by atoms with E-state index in [1.165, 1.54) is 6.42 Å². The maximum Gasteiger partial charge on any atom is 0.138 e. The van der Waals surface area contributed by atoms with Crippen LogP contribution in [0.15, 0.2) is 55.1 Å². The molecule has 3 unspecified atom stereocenters. The first-order chi connectivity index (χ1) is 20.1. The Kier molecular flexibility index (Phi) is 7.10. The van der Waals surface area contributed by atoms with Crippen molar-refractivity contribution in [1.82, 2.24) is 24.5 Å². The minimum Gasteiger partial charge on any atom is -0.489 e. The molecule has 3 aliphatic heterocycles. The van der Waals surface area contributed by atoms with Gasteiger partial charge in [-0.2, -0.15) is 10.4 Å². The van der Waals surface area contributed by atoms with Gasteiger partial charge in [-0.1, -0.05) is 19.8 Å². The SMILES string of the molecule is C#Cc1ccc(C(C(C)C)N2C3CC2CN(c2ccc(-c4cc(OCC(C)(C)O)cn5ncc(C#N)c45)cn2)C3)nc1. The van der Waals surface area contributed by atoms with Crippen LogP contribution < -0.4 is 9.64 Å². The van der Waals surface area contributed by atoms with E-state index in [1.807, 2.05) is 30.5 Å². The number of terminal acetylenes is 1. The van der Waals surface area contributed by atoms with Gasteiger partial charge in [0, 0.05) is 54.3 Å². The Bertz CT molecular complexity index is 1660. The van der Waals surface area contributed by atoms with Crippen LogP contribution in [0, 0.1) is 29.6 Å². The molecule has 1 N–H and O–H groups in total. The van der Waals surface area contributed by atoms with Crippen molar-refractivity contribution in [3.8, 4) is 35.3 Å². The highest BCUT2D eigenvalue weighted by atomic mass is 16.5. The molecule has 214 valence electrons. The number of anilines is 1. The van der Waals surface area contributed by atoms with E-state index >= 15 is 0 Å². The van der Waals surface area contributed by atoms with Crippen LogP contribution in [0.3, 0.4) is 0 Å². The molecule has 3 fully saturated rings. The summed E-state index contributed by atoms with van der Waals surface area (Å²) in [4.78, 5) is 14.6. The number of hydrogen-bond donors (Lipinski definition) is 1. The number of fused-ring (bicyclic) bond motifs is 3. The van der Waals surface area contributed by atoms with Crippen LogP contribution in [0.25, 0.3) is 16.6 Å². The smallest absolute Gasteiger partial charge is 0.138 e. The summed E-state index contributed by atoms with van der Waals surface area (Å²) in [6.07, 6.45) is 13.6. The molecule has 4 aromatic heterocycles. The molecule has 4 aromatic rings. The molecule has 0 radical (unpaired) electrons. The quantitative estimate of drug-likeness (QED) is 0.315. The van der Waals surface area contributed by atoms with E-state index in [1.54, 1.807) is 37.0 Å². The van der Waals surface area contributed by atoms with Crippen LogP contribution in [0.4, 0.5) is 5.82 Å². The maximum absolute atomic E-state index is 10.1. The van der Waals surface area contributed by atoms with Crippen molar-refractivity contribution < 1.29 is 9.84 Å². The van der Waals surface area contributed by atoms with Crippen molar-refractivity contribution in [1.29, 1.82) is 5.26 Å². The third-order valence-electron chi connectivity index (χ3n) is 8.14. The second kappa shape index (κ2) is 10.8. The van der Waals surface area contributed by atoms with Crippen molar-refractivity contribution in [3.05, 3.63) is 71.9 Å². The van der Waals surface area contributed by atoms with Gasteiger partial charge in [-0.3, -0.25) is 9.88 Å². The molecule has 3 aliphatic rings. The topological polar surface area (TPSA) is 103 Å². The van der Waals surface area contributed by atoms with E-state index in [-0.39, 0.29) is 12.6 Å². The first-order valence-corrected chi connectivity index (χ1v) is 14.3. The Morgan fingerprint density at radius 3 is 2.50 bits per heavy atom. The molecular formula is C33H35N7O2. The van der Waals surface area contributed by atoms with Gasteiger partial charge in [-0.15, -0.1) is 6.42 Å². The molecule has 0 aliphatic carbocycles. The van der Waals surface area contributed by atoms with Gasteiger partial charge in [0.15, 0.2) is 0 Å². The number of piperidine rings is 1. The third-order valence-corrected chi connectivity index (χ3v) is 8.14. The number of ether oxygens (including phenoxy) is 1. The van der Waals surface area contributed by atoms with Gasteiger partial charge in [-0.25, -0.2) is 9.50 Å². The van der Waals surface area contributed by atoms with Gasteiger partial charge in [-0.05, 0) is 56.5 Å². The van der Waals surface area contributed by atoms with Crippen LogP contribution in [0.5, 0.6) is 5.75 Å². The van der Waals surface area contributed by atoms with Gasteiger partial charge in [0.1, 0.15) is 24.2 Å². The van der Waals surface area contributed by atoms with Gasteiger partial charge < -0.3 is 14.7 Å². The highest BCUT2D eigenvalue weighted by molar-refractivity contribution is 5.85. The first kappa shape index (κ1) is 27.7. The average molecular weight is 562 g/mol. The van der Waals surface area contributed by atoms with Gasteiger partial charge >= 0.3 is 0 Å². The van der Waals surface area contributed by atoms with E-state index in [2.05, 4.69) is 46.8 Å². The van der Waals surface area contributed by atoms with E-state index in [9.17, 15) is 10.4 Å². The lowest BCUT2D eigenvalue weighted by molar-refractivity contribution is -0.0565. The minimum absolute atomic E-state index is 0.125. The molecule has 3 atom stereocenters. The summed E-state index contributed by atoms with van der Waals surface area (Å²) in [6, 6.07) is 13.4. The molecule has 0 amide bonds. The van der Waals surface area contributed by atoms with E-state index in [0.29, 0.717) is 34.8 Å². The summed E-state index contributed by atoms with van der Waals surface area (Å²) in [5.74, 6) is 4.57. The minimum atomic E-state index is -0.983. The molecule has 7 heterocycles. The summed E-state index contributed by atoms with van der Waals surface area (Å²) >= 11 is 0. The number of nitriles is 1. The molecule has 2 bridgehead atoms. The fourth-order valence-corrected chi connectivity index (χ4v) is 6.25. The van der Waals surface area contributed by atoms with E-state index in [4.69, 9.17) is 21.1 Å². The summed E-state index contributed by atoms with van der Waals surface area (Å²) in [7, 11) is 0. The van der Waals surface area contributed by atoms with Gasteiger partial charge in [0.05, 0.1) is 40.8 Å². The predicted molar refractivity (Wildman–Crippen MR) is 161 cm³/mol. The second-order valence-electron chi connectivity index (χ2n) is 12.3. The molecule has 9 nitrogen and oxygen atoms in total. The Hall–Kier alpha value is -4.44. The lowest BCUT2D eigenvalue weighted by Crippen LogP contribution is -2.70. The number of rotatable bonds is 8. The van der Waals surface area contributed by atoms with Crippen LogP contribution in [0.1, 0.15) is 57.0 Å². The molecular weight excluding hydrogens is 526 g/mol. The Morgan fingerprint density at radius 2 is 1.90 bits per heavy atom. The number of aromatic nitrogens is 4. The standard InChI is InChI=1S/C33H35N7O2/c1-6-22-7-9-29(35-14-22)31(21(2)3)40-25-11-26(40)18-38(17-25)30-10-8-23(15-36-30)28-12-27(42-20-33(4,5)41)19-39-32(28)24(13-34)16-37-39/h1,7-10,12,14-16,19,21,25-26,31,41H,11,17-18,20H2,2-5H3. The number of hydrogen-bond acceptors (Lipinski definition) is 8. The molecule has 7 rings (SSSR count). The first-order valence-electron chi connectivity index (χ1n) is 14.3. The number of nitrogens with zero attached hydrogens (tertiary/aromatic N) is 7. The maximum atomic E-state index is 10.1. The van der Waals surface area contributed by atoms with Crippen LogP contribution >= 0.6 is 0 Å². The van der Waals surface area contributed by atoms with Gasteiger partial charge in [0.25, 0.3) is 0 Å². The Balaban J connectivity index is 1.22. The number of pyridine rings is 3. The van der Waals surface area contributed by atoms with Gasteiger partial charge in [0.2, 0.25) is 0 Å².